The zero-order valence-electron chi connectivity index (χ0n) is 14.1. The van der Waals surface area contributed by atoms with Crippen molar-refractivity contribution in [3.63, 3.8) is 0 Å². The Morgan fingerprint density at radius 2 is 1.81 bits per heavy atom. The number of nitrogens with zero attached hydrogens (tertiary/aromatic N) is 1. The van der Waals surface area contributed by atoms with Gasteiger partial charge >= 0.3 is 0 Å². The van der Waals surface area contributed by atoms with Crippen molar-refractivity contribution in [2.75, 3.05) is 20.6 Å². The molecule has 0 fully saturated rings. The first kappa shape index (κ1) is 17.4. The lowest BCUT2D eigenvalue weighted by atomic mass is 10.0. The van der Waals surface area contributed by atoms with Gasteiger partial charge in [0, 0.05) is 23.8 Å². The summed E-state index contributed by atoms with van der Waals surface area (Å²) in [6, 6.07) is 0.276. The molecule has 5 heteroatoms. The number of aromatic amines is 1. The van der Waals surface area contributed by atoms with E-state index in [1.165, 1.54) is 6.92 Å². The number of H-pyrrole nitrogens is 1. The summed E-state index contributed by atoms with van der Waals surface area (Å²) in [5.41, 5.74) is 2.58. The van der Waals surface area contributed by atoms with Crippen molar-refractivity contribution < 1.29 is 9.59 Å². The molecule has 0 aliphatic rings. The lowest BCUT2D eigenvalue weighted by Crippen LogP contribution is -2.43. The molecule has 0 radical (unpaired) electrons. The molecule has 1 amide bonds. The molecule has 118 valence electrons. The Kier molecular flexibility index (Phi) is 5.72. The third-order valence-electron chi connectivity index (χ3n) is 3.92. The molecule has 1 aromatic heterocycles. The SMILES string of the molecule is CC(=O)c1c(C)[nH]c(C(=O)NCC(C(C)C)N(C)C)c1C. The van der Waals surface area contributed by atoms with Gasteiger partial charge < -0.3 is 15.2 Å². The maximum absolute atomic E-state index is 12.3. The number of aryl methyl sites for hydroxylation is 1. The number of rotatable bonds is 6. The minimum absolute atomic E-state index is 0.0198. The molecule has 0 saturated carbocycles. The van der Waals surface area contributed by atoms with Crippen LogP contribution in [-0.4, -0.2) is 48.3 Å². The van der Waals surface area contributed by atoms with Crippen molar-refractivity contribution in [3.8, 4) is 0 Å². The molecule has 0 bridgehead atoms. The van der Waals surface area contributed by atoms with Gasteiger partial charge in [-0.3, -0.25) is 9.59 Å². The highest BCUT2D eigenvalue weighted by molar-refractivity contribution is 6.02. The minimum atomic E-state index is -0.157. The van der Waals surface area contributed by atoms with Gasteiger partial charge in [-0.2, -0.15) is 0 Å². The second-order valence-corrected chi connectivity index (χ2v) is 6.17. The van der Waals surface area contributed by atoms with Gasteiger partial charge in [0.05, 0.1) is 0 Å². The number of carbonyl (C=O) groups is 2. The van der Waals surface area contributed by atoms with Crippen LogP contribution in [0.4, 0.5) is 0 Å². The summed E-state index contributed by atoms with van der Waals surface area (Å²) in [6.07, 6.45) is 0. The van der Waals surface area contributed by atoms with Gasteiger partial charge in [-0.15, -0.1) is 0 Å². The largest absolute Gasteiger partial charge is 0.354 e. The van der Waals surface area contributed by atoms with E-state index in [4.69, 9.17) is 0 Å². The van der Waals surface area contributed by atoms with Crippen LogP contribution >= 0.6 is 0 Å². The van der Waals surface area contributed by atoms with Crippen LogP contribution in [0, 0.1) is 19.8 Å². The van der Waals surface area contributed by atoms with Gasteiger partial charge in [-0.05, 0) is 46.3 Å². The summed E-state index contributed by atoms with van der Waals surface area (Å²) in [5, 5.41) is 2.96. The summed E-state index contributed by atoms with van der Waals surface area (Å²) in [6.45, 7) is 9.99. The number of nitrogens with one attached hydrogen (secondary N) is 2. The smallest absolute Gasteiger partial charge is 0.268 e. The van der Waals surface area contributed by atoms with Crippen molar-refractivity contribution in [2.45, 2.75) is 40.7 Å². The van der Waals surface area contributed by atoms with Crippen molar-refractivity contribution in [3.05, 3.63) is 22.5 Å². The molecule has 0 saturated heterocycles. The molecule has 0 spiro atoms. The highest BCUT2D eigenvalue weighted by atomic mass is 16.2. The van der Waals surface area contributed by atoms with Gasteiger partial charge in [-0.1, -0.05) is 13.8 Å². The average molecular weight is 293 g/mol. The molecule has 1 unspecified atom stereocenters. The monoisotopic (exact) mass is 293 g/mol. The maximum atomic E-state index is 12.3. The van der Waals surface area contributed by atoms with Crippen LogP contribution in [-0.2, 0) is 0 Å². The second kappa shape index (κ2) is 6.89. The van der Waals surface area contributed by atoms with E-state index in [2.05, 4.69) is 29.0 Å². The van der Waals surface area contributed by atoms with E-state index < -0.39 is 0 Å². The zero-order valence-corrected chi connectivity index (χ0v) is 14.1. The van der Waals surface area contributed by atoms with E-state index >= 15 is 0 Å². The third-order valence-corrected chi connectivity index (χ3v) is 3.92. The average Bonchev–Trinajstić information content (AvgIpc) is 2.63. The predicted octanol–water partition coefficient (Wildman–Crippen LogP) is 2.15. The fraction of sp³-hybridized carbons (Fsp3) is 0.625. The zero-order chi connectivity index (χ0) is 16.3. The first-order valence-electron chi connectivity index (χ1n) is 7.31. The Morgan fingerprint density at radius 3 is 2.19 bits per heavy atom. The molecule has 1 atom stereocenters. The molecule has 2 N–H and O–H groups in total. The Morgan fingerprint density at radius 1 is 1.24 bits per heavy atom. The molecular formula is C16H27N3O2. The lowest BCUT2D eigenvalue weighted by molar-refractivity contribution is 0.0929. The second-order valence-electron chi connectivity index (χ2n) is 6.17. The Hall–Kier alpha value is -1.62. The van der Waals surface area contributed by atoms with Crippen LogP contribution in [0.2, 0.25) is 0 Å². The Labute approximate surface area is 127 Å². The number of ketones is 1. The molecule has 5 nitrogen and oxygen atoms in total. The molecule has 1 aromatic rings. The van der Waals surface area contributed by atoms with Crippen LogP contribution in [0.15, 0.2) is 0 Å². The van der Waals surface area contributed by atoms with Crippen molar-refractivity contribution in [2.24, 2.45) is 5.92 Å². The molecule has 1 rings (SSSR count). The highest BCUT2D eigenvalue weighted by Crippen LogP contribution is 2.18. The summed E-state index contributed by atoms with van der Waals surface area (Å²) >= 11 is 0. The van der Waals surface area contributed by atoms with Crippen LogP contribution in [0.1, 0.15) is 52.9 Å². The van der Waals surface area contributed by atoms with Gasteiger partial charge in [0.2, 0.25) is 0 Å². The summed E-state index contributed by atoms with van der Waals surface area (Å²) in [5.74, 6) is 0.267. The maximum Gasteiger partial charge on any atom is 0.268 e. The van der Waals surface area contributed by atoms with Crippen molar-refractivity contribution in [1.29, 1.82) is 0 Å². The summed E-state index contributed by atoms with van der Waals surface area (Å²) < 4.78 is 0. The molecule has 1 heterocycles. The lowest BCUT2D eigenvalue weighted by Gasteiger charge is -2.28. The van der Waals surface area contributed by atoms with E-state index in [0.29, 0.717) is 23.7 Å². The number of Topliss-reactive ketones (excluding diaryl/α,β-unsaturated/α-hetero) is 1. The fourth-order valence-corrected chi connectivity index (χ4v) is 2.81. The predicted molar refractivity (Wildman–Crippen MR) is 84.9 cm³/mol. The number of aromatic nitrogens is 1. The quantitative estimate of drug-likeness (QED) is 0.790. The topological polar surface area (TPSA) is 65.2 Å². The molecular weight excluding hydrogens is 266 g/mol. The molecule has 0 aromatic carbocycles. The standard InChI is InChI=1S/C16H27N3O2/c1-9(2)13(19(6)7)8-17-16(21)15-10(3)14(12(5)20)11(4)18-15/h9,13,18H,8H2,1-7H3,(H,17,21). The Bertz CT molecular complexity index is 522. The van der Waals surface area contributed by atoms with E-state index in [1.54, 1.807) is 6.92 Å². The molecule has 21 heavy (non-hydrogen) atoms. The highest BCUT2D eigenvalue weighted by Gasteiger charge is 2.21. The minimum Gasteiger partial charge on any atom is -0.354 e. The van der Waals surface area contributed by atoms with Crippen LogP contribution in [0.3, 0.4) is 0 Å². The Balaban J connectivity index is 2.86. The number of likely N-dealkylation sites (N-methyl/N-ethyl adjacent to an activating group) is 1. The third kappa shape index (κ3) is 3.94. The van der Waals surface area contributed by atoms with Gasteiger partial charge in [0.25, 0.3) is 5.91 Å². The van der Waals surface area contributed by atoms with E-state index in [-0.39, 0.29) is 17.7 Å². The van der Waals surface area contributed by atoms with Crippen molar-refractivity contribution in [1.82, 2.24) is 15.2 Å². The van der Waals surface area contributed by atoms with Crippen LogP contribution in [0.5, 0.6) is 0 Å². The molecule has 0 aliphatic carbocycles. The van der Waals surface area contributed by atoms with Gasteiger partial charge in [0.1, 0.15) is 5.69 Å². The van der Waals surface area contributed by atoms with E-state index in [0.717, 1.165) is 11.3 Å². The summed E-state index contributed by atoms with van der Waals surface area (Å²) in [4.78, 5) is 29.1. The molecule has 0 aliphatic heterocycles. The van der Waals surface area contributed by atoms with Gasteiger partial charge in [-0.25, -0.2) is 0 Å². The van der Waals surface area contributed by atoms with Crippen LogP contribution < -0.4 is 5.32 Å². The normalized spacial score (nSPS) is 12.8. The first-order valence-corrected chi connectivity index (χ1v) is 7.31. The number of hydrogen-bond donors (Lipinski definition) is 2. The van der Waals surface area contributed by atoms with E-state index in [9.17, 15) is 9.59 Å². The number of amides is 1. The van der Waals surface area contributed by atoms with Crippen molar-refractivity contribution >= 4 is 11.7 Å². The first-order chi connectivity index (χ1) is 9.66. The summed E-state index contributed by atoms with van der Waals surface area (Å²) in [7, 11) is 4.02. The number of carbonyl (C=O) groups excluding carboxylic acids is 2. The fourth-order valence-electron chi connectivity index (χ4n) is 2.81. The van der Waals surface area contributed by atoms with Gasteiger partial charge in [0.15, 0.2) is 5.78 Å². The van der Waals surface area contributed by atoms with E-state index in [1.807, 2.05) is 21.0 Å². The van der Waals surface area contributed by atoms with Crippen LogP contribution in [0.25, 0.3) is 0 Å². The number of hydrogen-bond acceptors (Lipinski definition) is 3.